The van der Waals surface area contributed by atoms with Crippen LogP contribution >= 0.6 is 0 Å². The zero-order chi connectivity index (χ0) is 23.3. The lowest BCUT2D eigenvalue weighted by Crippen LogP contribution is -2.36. The van der Waals surface area contributed by atoms with Gasteiger partial charge in [0.2, 0.25) is 17.1 Å². The number of ether oxygens (including phenoxy) is 1. The normalized spacial score (nSPS) is 17.4. The molecule has 2 aliphatic rings. The van der Waals surface area contributed by atoms with Crippen molar-refractivity contribution in [2.24, 2.45) is 0 Å². The average Bonchev–Trinajstić information content (AvgIpc) is 2.89. The van der Waals surface area contributed by atoms with Gasteiger partial charge in [-0.15, -0.1) is 0 Å². The molecule has 5 rings (SSSR count). The first-order chi connectivity index (χ1) is 16.7. The molecule has 3 aromatic carbocycles. The van der Waals surface area contributed by atoms with E-state index < -0.39 is 0 Å². The second kappa shape index (κ2) is 9.94. The Hall–Kier alpha value is -3.89. The standard InChI is InChI=1S/C30H30N3O/c1-23-13-15-26(31-25-9-5-3-6-10-25)21-29(23)33(27-11-7-4-8-12-27)30-22-28(16-14-24(30)2)32-17-19-34-20-18-32/h3-16,21-22,31H,2,17-20H2,1H3/q+1. The summed E-state index contributed by atoms with van der Waals surface area (Å²) in [6.07, 6.45) is 6.55. The summed E-state index contributed by atoms with van der Waals surface area (Å²) in [4.78, 5) is 2.38. The highest BCUT2D eigenvalue weighted by molar-refractivity contribution is 6.14. The summed E-state index contributed by atoms with van der Waals surface area (Å²) in [6, 6.07) is 27.3. The number of allylic oxidation sites excluding steroid dienone is 4. The summed E-state index contributed by atoms with van der Waals surface area (Å²) >= 11 is 0. The van der Waals surface area contributed by atoms with E-state index in [2.05, 4.69) is 107 Å². The Bertz CT molecular complexity index is 1270. The second-order valence-corrected chi connectivity index (χ2v) is 8.58. The van der Waals surface area contributed by atoms with E-state index in [0.717, 1.165) is 60.3 Å². The predicted octanol–water partition coefficient (Wildman–Crippen LogP) is 6.36. The van der Waals surface area contributed by atoms with Gasteiger partial charge < -0.3 is 15.0 Å². The van der Waals surface area contributed by atoms with Crippen LogP contribution in [-0.4, -0.2) is 36.9 Å². The number of benzene rings is 3. The summed E-state index contributed by atoms with van der Waals surface area (Å²) < 4.78 is 7.88. The van der Waals surface area contributed by atoms with Crippen LogP contribution in [0.4, 0.5) is 22.7 Å². The summed E-state index contributed by atoms with van der Waals surface area (Å²) in [7, 11) is 0. The Balaban J connectivity index is 1.64. The molecule has 1 saturated heterocycles. The molecule has 0 saturated carbocycles. The van der Waals surface area contributed by atoms with Gasteiger partial charge in [-0.3, -0.25) is 0 Å². The first kappa shape index (κ1) is 21.9. The van der Waals surface area contributed by atoms with E-state index in [1.807, 2.05) is 18.2 Å². The second-order valence-electron chi connectivity index (χ2n) is 8.58. The van der Waals surface area contributed by atoms with E-state index in [1.54, 1.807) is 0 Å². The number of morpholine rings is 1. The molecule has 1 heterocycles. The Labute approximate surface area is 201 Å². The number of aryl methyl sites for hydroxylation is 1. The molecule has 0 spiro atoms. The number of hydrogen-bond donors (Lipinski definition) is 1. The molecule has 170 valence electrons. The van der Waals surface area contributed by atoms with Crippen LogP contribution in [0, 0.1) is 6.92 Å². The summed E-state index contributed by atoms with van der Waals surface area (Å²) in [5.41, 5.74) is 8.79. The van der Waals surface area contributed by atoms with Crippen molar-refractivity contribution in [1.82, 2.24) is 9.48 Å². The third-order valence-electron chi connectivity index (χ3n) is 6.21. The molecule has 1 N–H and O–H groups in total. The van der Waals surface area contributed by atoms with Gasteiger partial charge in [-0.05, 0) is 37.3 Å². The fourth-order valence-corrected chi connectivity index (χ4v) is 4.38. The molecular formula is C30H30N3O+. The smallest absolute Gasteiger partial charge is 0.220 e. The van der Waals surface area contributed by atoms with Gasteiger partial charge in [-0.1, -0.05) is 49.0 Å². The van der Waals surface area contributed by atoms with Crippen LogP contribution in [0.1, 0.15) is 5.56 Å². The summed E-state index contributed by atoms with van der Waals surface area (Å²) in [5.74, 6) is 0. The van der Waals surface area contributed by atoms with Gasteiger partial charge in [0.1, 0.15) is 0 Å². The fraction of sp³-hybridized carbons (Fsp3) is 0.167. The molecule has 0 bridgehead atoms. The number of nitrogens with one attached hydrogen (secondary N) is 1. The van der Waals surface area contributed by atoms with E-state index in [-0.39, 0.29) is 0 Å². The Morgan fingerprint density at radius 3 is 2.29 bits per heavy atom. The third-order valence-corrected chi connectivity index (χ3v) is 6.21. The SMILES string of the molecule is C=C1C=CC(N2CCOCC2)=CC1=[N+](c1ccccc1)c1cc(Nc2ccccc2)ccc1C. The maximum atomic E-state index is 5.57. The van der Waals surface area contributed by atoms with Crippen molar-refractivity contribution in [3.05, 3.63) is 121 Å². The minimum Gasteiger partial charge on any atom is -0.378 e. The third kappa shape index (κ3) is 4.73. The molecule has 1 fully saturated rings. The molecule has 4 heteroatoms. The quantitative estimate of drug-likeness (QED) is 0.461. The highest BCUT2D eigenvalue weighted by atomic mass is 16.5. The lowest BCUT2D eigenvalue weighted by atomic mass is 10.0. The fourth-order valence-electron chi connectivity index (χ4n) is 4.38. The van der Waals surface area contributed by atoms with Crippen molar-refractivity contribution in [3.8, 4) is 0 Å². The molecule has 0 aromatic heterocycles. The molecule has 1 aliphatic carbocycles. The van der Waals surface area contributed by atoms with E-state index >= 15 is 0 Å². The summed E-state index contributed by atoms with van der Waals surface area (Å²) in [6.45, 7) is 9.88. The number of hydrogen-bond acceptors (Lipinski definition) is 3. The van der Waals surface area contributed by atoms with Gasteiger partial charge in [-0.25, -0.2) is 0 Å². The lowest BCUT2D eigenvalue weighted by molar-refractivity contribution is 0.0554. The van der Waals surface area contributed by atoms with Gasteiger partial charge in [0, 0.05) is 65.6 Å². The first-order valence-corrected chi connectivity index (χ1v) is 11.8. The Morgan fingerprint density at radius 1 is 0.853 bits per heavy atom. The topological polar surface area (TPSA) is 27.5 Å². The van der Waals surface area contributed by atoms with Crippen LogP contribution in [0.3, 0.4) is 0 Å². The number of rotatable bonds is 5. The van der Waals surface area contributed by atoms with Gasteiger partial charge in [-0.2, -0.15) is 4.58 Å². The zero-order valence-electron chi connectivity index (χ0n) is 19.6. The molecule has 0 amide bonds. The minimum absolute atomic E-state index is 0.760. The van der Waals surface area contributed by atoms with Crippen molar-refractivity contribution >= 4 is 28.5 Å². The molecule has 0 radical (unpaired) electrons. The van der Waals surface area contributed by atoms with E-state index in [4.69, 9.17) is 4.74 Å². The number of anilines is 2. The molecule has 1 aliphatic heterocycles. The zero-order valence-corrected chi connectivity index (χ0v) is 19.6. The minimum atomic E-state index is 0.760. The molecule has 0 unspecified atom stereocenters. The van der Waals surface area contributed by atoms with Gasteiger partial charge in [0.05, 0.1) is 13.2 Å². The predicted molar refractivity (Wildman–Crippen MR) is 143 cm³/mol. The monoisotopic (exact) mass is 448 g/mol. The van der Waals surface area contributed by atoms with Crippen LogP contribution in [-0.2, 0) is 4.74 Å². The largest absolute Gasteiger partial charge is 0.378 e. The first-order valence-electron chi connectivity index (χ1n) is 11.8. The molecule has 3 aromatic rings. The van der Waals surface area contributed by atoms with Crippen molar-refractivity contribution in [2.45, 2.75) is 6.92 Å². The Morgan fingerprint density at radius 2 is 1.56 bits per heavy atom. The van der Waals surface area contributed by atoms with Gasteiger partial charge in [0.15, 0.2) is 0 Å². The van der Waals surface area contributed by atoms with Crippen LogP contribution in [0.2, 0.25) is 0 Å². The molecule has 34 heavy (non-hydrogen) atoms. The average molecular weight is 449 g/mol. The van der Waals surface area contributed by atoms with Crippen LogP contribution < -0.4 is 9.89 Å². The summed E-state index contributed by atoms with van der Waals surface area (Å²) in [5, 5.41) is 3.54. The van der Waals surface area contributed by atoms with Gasteiger partial charge in [0.25, 0.3) is 0 Å². The maximum Gasteiger partial charge on any atom is 0.220 e. The lowest BCUT2D eigenvalue weighted by Gasteiger charge is -2.30. The van der Waals surface area contributed by atoms with Crippen molar-refractivity contribution in [3.63, 3.8) is 0 Å². The molecule has 0 atom stereocenters. The molecule has 4 nitrogen and oxygen atoms in total. The van der Waals surface area contributed by atoms with Crippen molar-refractivity contribution in [1.29, 1.82) is 0 Å². The van der Waals surface area contributed by atoms with E-state index in [1.165, 1.54) is 11.3 Å². The Kier molecular flexibility index (Phi) is 6.41. The maximum absolute atomic E-state index is 5.57. The van der Waals surface area contributed by atoms with E-state index in [9.17, 15) is 0 Å². The van der Waals surface area contributed by atoms with Crippen LogP contribution in [0.15, 0.2) is 115 Å². The van der Waals surface area contributed by atoms with E-state index in [0.29, 0.717) is 0 Å². The molecular weight excluding hydrogens is 418 g/mol. The van der Waals surface area contributed by atoms with Crippen molar-refractivity contribution in [2.75, 3.05) is 31.6 Å². The van der Waals surface area contributed by atoms with Gasteiger partial charge >= 0.3 is 0 Å². The number of nitrogens with zero attached hydrogens (tertiary/aromatic N) is 2. The van der Waals surface area contributed by atoms with Crippen LogP contribution in [0.5, 0.6) is 0 Å². The highest BCUT2D eigenvalue weighted by Crippen LogP contribution is 2.31. The van der Waals surface area contributed by atoms with Crippen molar-refractivity contribution < 1.29 is 4.74 Å². The van der Waals surface area contributed by atoms with Crippen LogP contribution in [0.25, 0.3) is 0 Å². The highest BCUT2D eigenvalue weighted by Gasteiger charge is 2.26. The number of para-hydroxylation sites is 2.